The van der Waals surface area contributed by atoms with Crippen molar-refractivity contribution >= 4 is 46.8 Å². The number of aromatic nitrogens is 1. The molecule has 1 amide bonds. The summed E-state index contributed by atoms with van der Waals surface area (Å²) in [5, 5.41) is 24.2. The zero-order valence-corrected chi connectivity index (χ0v) is 18.4. The van der Waals surface area contributed by atoms with Crippen molar-refractivity contribution in [2.75, 3.05) is 11.9 Å². The first-order chi connectivity index (χ1) is 15.3. The number of anilines is 1. The van der Waals surface area contributed by atoms with E-state index in [1.807, 2.05) is 36.6 Å². The van der Waals surface area contributed by atoms with E-state index in [0.29, 0.717) is 3.95 Å². The molecule has 0 saturated carbocycles. The number of hydrogen-bond acceptors (Lipinski definition) is 8. The second kappa shape index (κ2) is 9.95. The summed E-state index contributed by atoms with van der Waals surface area (Å²) in [7, 11) is 0. The Bertz CT molecular complexity index is 1290. The third-order valence-electron chi connectivity index (χ3n) is 4.39. The molecule has 11 heteroatoms. The van der Waals surface area contributed by atoms with E-state index in [0.717, 1.165) is 29.0 Å². The fourth-order valence-corrected chi connectivity index (χ4v) is 3.86. The number of esters is 1. The first-order valence-electron chi connectivity index (χ1n) is 9.18. The molecule has 0 bridgehead atoms. The number of nitrogens with one attached hydrogen (secondary N) is 1. The Balaban J connectivity index is 1.63. The van der Waals surface area contributed by atoms with Crippen molar-refractivity contribution in [2.45, 2.75) is 13.5 Å². The van der Waals surface area contributed by atoms with Crippen LogP contribution in [-0.2, 0) is 20.9 Å². The number of nitrogens with zero attached hydrogens (tertiary/aromatic N) is 3. The molecular formula is C21H16N4O5S2. The van der Waals surface area contributed by atoms with Crippen LogP contribution in [-0.4, -0.2) is 28.0 Å². The number of carbonyl (C=O) groups is 2. The predicted octanol–water partition coefficient (Wildman–Crippen LogP) is 4.22. The molecule has 0 saturated heterocycles. The lowest BCUT2D eigenvalue weighted by Crippen LogP contribution is -2.23. The SMILES string of the molecule is Cc1ccc(-c2csc(=S)n2CC(=O)OCC(=O)Nc2ccc([N+](=O)[O-])cc2C#N)cc1. The fraction of sp³-hybridized carbons (Fsp3) is 0.143. The lowest BCUT2D eigenvalue weighted by molar-refractivity contribution is -0.384. The molecule has 0 radical (unpaired) electrons. The maximum absolute atomic E-state index is 12.3. The third kappa shape index (κ3) is 5.42. The molecule has 0 unspecified atom stereocenters. The molecule has 0 aliphatic heterocycles. The molecule has 32 heavy (non-hydrogen) atoms. The molecule has 1 aromatic heterocycles. The van der Waals surface area contributed by atoms with E-state index in [9.17, 15) is 19.7 Å². The van der Waals surface area contributed by atoms with Crippen LogP contribution in [0.2, 0.25) is 0 Å². The highest BCUT2D eigenvalue weighted by Gasteiger charge is 2.16. The molecule has 0 fully saturated rings. The van der Waals surface area contributed by atoms with Gasteiger partial charge in [-0.3, -0.25) is 19.7 Å². The summed E-state index contributed by atoms with van der Waals surface area (Å²) in [5.74, 6) is -1.34. The van der Waals surface area contributed by atoms with Gasteiger partial charge in [-0.25, -0.2) is 0 Å². The van der Waals surface area contributed by atoms with Gasteiger partial charge in [-0.2, -0.15) is 5.26 Å². The number of ether oxygens (including phenoxy) is 1. The van der Waals surface area contributed by atoms with E-state index in [-0.39, 0.29) is 23.5 Å². The van der Waals surface area contributed by atoms with E-state index in [4.69, 9.17) is 22.2 Å². The number of nitro groups is 1. The van der Waals surface area contributed by atoms with Crippen LogP contribution in [0.5, 0.6) is 0 Å². The normalized spacial score (nSPS) is 10.2. The molecule has 0 atom stereocenters. The van der Waals surface area contributed by atoms with E-state index in [1.54, 1.807) is 10.6 Å². The summed E-state index contributed by atoms with van der Waals surface area (Å²) < 4.78 is 7.17. The molecule has 0 spiro atoms. The molecule has 0 aliphatic carbocycles. The summed E-state index contributed by atoms with van der Waals surface area (Å²) >= 11 is 6.63. The van der Waals surface area contributed by atoms with Crippen LogP contribution in [0.1, 0.15) is 11.1 Å². The van der Waals surface area contributed by atoms with Crippen LogP contribution >= 0.6 is 23.6 Å². The molecule has 1 heterocycles. The maximum atomic E-state index is 12.3. The van der Waals surface area contributed by atoms with Gasteiger partial charge in [0.2, 0.25) is 0 Å². The number of amides is 1. The monoisotopic (exact) mass is 468 g/mol. The predicted molar refractivity (Wildman–Crippen MR) is 121 cm³/mol. The number of carbonyl (C=O) groups excluding carboxylic acids is 2. The van der Waals surface area contributed by atoms with Crippen LogP contribution in [0.15, 0.2) is 47.8 Å². The average Bonchev–Trinajstić information content (AvgIpc) is 3.13. The van der Waals surface area contributed by atoms with E-state index < -0.39 is 23.4 Å². The minimum atomic E-state index is -0.684. The molecule has 162 valence electrons. The molecule has 2 aromatic carbocycles. The fourth-order valence-electron chi connectivity index (χ4n) is 2.78. The highest BCUT2D eigenvalue weighted by atomic mass is 32.1. The standard InChI is InChI=1S/C21H16N4O5S2/c1-13-2-4-14(5-3-13)18-12-32-21(31)24(18)10-20(27)30-11-19(26)23-17-7-6-16(25(28)29)8-15(17)9-22/h2-8,12H,10-11H2,1H3,(H,23,26). The Morgan fingerprint density at radius 3 is 2.66 bits per heavy atom. The van der Waals surface area contributed by atoms with Gasteiger partial charge < -0.3 is 14.6 Å². The summed E-state index contributed by atoms with van der Waals surface area (Å²) in [6.45, 7) is 1.22. The summed E-state index contributed by atoms with van der Waals surface area (Å²) in [5.41, 5.74) is 2.50. The van der Waals surface area contributed by atoms with Gasteiger partial charge >= 0.3 is 5.97 Å². The van der Waals surface area contributed by atoms with Crippen molar-refractivity contribution in [3.8, 4) is 17.3 Å². The first-order valence-corrected chi connectivity index (χ1v) is 10.5. The Labute approximate surface area is 191 Å². The number of hydrogen-bond donors (Lipinski definition) is 1. The summed E-state index contributed by atoms with van der Waals surface area (Å²) in [6.07, 6.45) is 0. The van der Waals surface area contributed by atoms with Crippen molar-refractivity contribution < 1.29 is 19.2 Å². The van der Waals surface area contributed by atoms with Gasteiger partial charge in [0.05, 0.1) is 21.9 Å². The molecular weight excluding hydrogens is 452 g/mol. The topological polar surface area (TPSA) is 127 Å². The van der Waals surface area contributed by atoms with E-state index in [1.165, 1.54) is 17.4 Å². The highest BCUT2D eigenvalue weighted by molar-refractivity contribution is 7.73. The van der Waals surface area contributed by atoms with Crippen molar-refractivity contribution in [1.82, 2.24) is 4.57 Å². The number of nitro benzene ring substituents is 1. The zero-order chi connectivity index (χ0) is 23.3. The lowest BCUT2D eigenvalue weighted by Gasteiger charge is -2.10. The minimum Gasteiger partial charge on any atom is -0.454 e. The number of nitriles is 1. The van der Waals surface area contributed by atoms with Gasteiger partial charge in [-0.1, -0.05) is 29.8 Å². The van der Waals surface area contributed by atoms with Gasteiger partial charge in [-0.05, 0) is 30.8 Å². The highest BCUT2D eigenvalue weighted by Crippen LogP contribution is 2.25. The maximum Gasteiger partial charge on any atom is 0.326 e. The lowest BCUT2D eigenvalue weighted by atomic mass is 10.1. The average molecular weight is 469 g/mol. The Morgan fingerprint density at radius 1 is 1.28 bits per heavy atom. The van der Waals surface area contributed by atoms with Gasteiger partial charge in [0, 0.05) is 17.5 Å². The smallest absolute Gasteiger partial charge is 0.326 e. The number of thiazole rings is 1. The third-order valence-corrected chi connectivity index (χ3v) is 5.66. The second-order valence-corrected chi connectivity index (χ2v) is 8.15. The molecule has 3 aromatic rings. The van der Waals surface area contributed by atoms with Crippen LogP contribution in [0.25, 0.3) is 11.3 Å². The van der Waals surface area contributed by atoms with Crippen LogP contribution in [0, 0.1) is 32.3 Å². The van der Waals surface area contributed by atoms with E-state index in [2.05, 4.69) is 5.32 Å². The molecule has 1 N–H and O–H groups in total. The van der Waals surface area contributed by atoms with Crippen molar-refractivity contribution in [3.63, 3.8) is 0 Å². The Kier molecular flexibility index (Phi) is 7.09. The van der Waals surface area contributed by atoms with Crippen molar-refractivity contribution in [2.24, 2.45) is 0 Å². The Morgan fingerprint density at radius 2 is 2.00 bits per heavy atom. The van der Waals surface area contributed by atoms with Crippen LogP contribution in [0.3, 0.4) is 0 Å². The zero-order valence-electron chi connectivity index (χ0n) is 16.7. The van der Waals surface area contributed by atoms with Crippen molar-refractivity contribution in [1.29, 1.82) is 5.26 Å². The van der Waals surface area contributed by atoms with Crippen LogP contribution < -0.4 is 5.32 Å². The number of rotatable bonds is 7. The number of non-ortho nitro benzene ring substituents is 1. The largest absolute Gasteiger partial charge is 0.454 e. The molecule has 3 rings (SSSR count). The van der Waals surface area contributed by atoms with Gasteiger partial charge in [0.15, 0.2) is 10.6 Å². The Hall–Kier alpha value is -3.88. The second-order valence-electron chi connectivity index (χ2n) is 6.65. The quantitative estimate of drug-likeness (QED) is 0.238. The summed E-state index contributed by atoms with van der Waals surface area (Å²) in [6, 6.07) is 13.0. The van der Waals surface area contributed by atoms with E-state index >= 15 is 0 Å². The van der Waals surface area contributed by atoms with Gasteiger partial charge in [0.1, 0.15) is 12.6 Å². The van der Waals surface area contributed by atoms with Crippen molar-refractivity contribution in [3.05, 3.63) is 73.0 Å². The number of benzene rings is 2. The number of aryl methyl sites for hydroxylation is 1. The minimum absolute atomic E-state index is 0.0776. The van der Waals surface area contributed by atoms with Gasteiger partial charge in [0.25, 0.3) is 11.6 Å². The van der Waals surface area contributed by atoms with Crippen LogP contribution in [0.4, 0.5) is 11.4 Å². The first kappa shape index (κ1) is 22.8. The van der Waals surface area contributed by atoms with Gasteiger partial charge in [-0.15, -0.1) is 11.3 Å². The molecule has 0 aliphatic rings. The summed E-state index contributed by atoms with van der Waals surface area (Å²) in [4.78, 5) is 34.6. The molecule has 9 nitrogen and oxygen atoms in total.